The van der Waals surface area contributed by atoms with Gasteiger partial charge in [0.05, 0.1) is 17.8 Å². The van der Waals surface area contributed by atoms with Gasteiger partial charge < -0.3 is 15.4 Å². The van der Waals surface area contributed by atoms with Gasteiger partial charge in [0.1, 0.15) is 5.75 Å². The molecule has 4 nitrogen and oxygen atoms in total. The van der Waals surface area contributed by atoms with E-state index in [2.05, 4.69) is 16.7 Å². The summed E-state index contributed by atoms with van der Waals surface area (Å²) in [5.74, 6) is 0.764. The second-order valence-corrected chi connectivity index (χ2v) is 6.12. The molecule has 128 valence electrons. The first-order chi connectivity index (χ1) is 11.6. The number of carbonyl (C=O) groups excluding carboxylic acids is 1. The van der Waals surface area contributed by atoms with Crippen molar-refractivity contribution in [3.05, 3.63) is 58.1 Å². The van der Waals surface area contributed by atoms with E-state index in [1.807, 2.05) is 18.2 Å². The molecule has 0 aliphatic carbocycles. The number of hydrogen-bond acceptors (Lipinski definition) is 3. The van der Waals surface area contributed by atoms with Crippen molar-refractivity contribution in [1.82, 2.24) is 5.32 Å². The molecule has 0 aliphatic rings. The molecule has 0 atom stereocenters. The first kappa shape index (κ1) is 18.6. The van der Waals surface area contributed by atoms with E-state index in [0.29, 0.717) is 28.7 Å². The molecule has 0 radical (unpaired) electrons. The number of benzene rings is 2. The minimum Gasteiger partial charge on any atom is -0.497 e. The predicted octanol–water partition coefficient (Wildman–Crippen LogP) is 4.16. The Labute approximate surface area is 152 Å². The van der Waals surface area contributed by atoms with Gasteiger partial charge in [-0.1, -0.05) is 35.3 Å². The lowest BCUT2D eigenvalue weighted by Crippen LogP contribution is -2.23. The van der Waals surface area contributed by atoms with Crippen molar-refractivity contribution in [2.24, 2.45) is 0 Å². The second-order valence-electron chi connectivity index (χ2n) is 5.27. The second kappa shape index (κ2) is 9.52. The summed E-state index contributed by atoms with van der Waals surface area (Å²) in [6.07, 6.45) is 1.25. The van der Waals surface area contributed by atoms with Crippen LogP contribution in [0.4, 0.5) is 5.69 Å². The average molecular weight is 367 g/mol. The number of nitrogens with one attached hydrogen (secondary N) is 2. The third-order valence-corrected chi connectivity index (χ3v) is 4.01. The fourth-order valence-corrected chi connectivity index (χ4v) is 2.65. The number of methoxy groups -OCH3 is 1. The highest BCUT2D eigenvalue weighted by Gasteiger charge is 2.06. The van der Waals surface area contributed by atoms with Crippen LogP contribution in [0.2, 0.25) is 10.0 Å². The lowest BCUT2D eigenvalue weighted by atomic mass is 10.1. The van der Waals surface area contributed by atoms with Crippen molar-refractivity contribution in [2.75, 3.05) is 25.5 Å². The molecule has 2 rings (SSSR count). The van der Waals surface area contributed by atoms with E-state index in [-0.39, 0.29) is 5.91 Å². The zero-order chi connectivity index (χ0) is 17.4. The van der Waals surface area contributed by atoms with Gasteiger partial charge in [0.25, 0.3) is 0 Å². The van der Waals surface area contributed by atoms with Crippen LogP contribution in [0.5, 0.6) is 5.75 Å². The fourth-order valence-electron chi connectivity index (χ4n) is 2.19. The van der Waals surface area contributed by atoms with Crippen LogP contribution < -0.4 is 15.4 Å². The molecule has 6 heteroatoms. The standard InChI is InChI=1S/C18H20Cl2N2O2/c1-24-15-4-2-3-13(11-15)7-9-21-10-8-18(23)22-17-6-5-14(19)12-16(17)20/h2-6,11-12,21H,7-10H2,1H3,(H,22,23). The third kappa shape index (κ3) is 6.04. The molecule has 0 heterocycles. The molecule has 24 heavy (non-hydrogen) atoms. The van der Waals surface area contributed by atoms with Gasteiger partial charge in [0.2, 0.25) is 5.91 Å². The topological polar surface area (TPSA) is 50.4 Å². The maximum Gasteiger partial charge on any atom is 0.225 e. The molecule has 0 bridgehead atoms. The van der Waals surface area contributed by atoms with Crippen molar-refractivity contribution < 1.29 is 9.53 Å². The number of halogens is 2. The maximum atomic E-state index is 11.9. The van der Waals surface area contributed by atoms with Gasteiger partial charge in [-0.3, -0.25) is 4.79 Å². The lowest BCUT2D eigenvalue weighted by molar-refractivity contribution is -0.116. The van der Waals surface area contributed by atoms with Crippen LogP contribution in [0.15, 0.2) is 42.5 Å². The van der Waals surface area contributed by atoms with Crippen LogP contribution >= 0.6 is 23.2 Å². The Morgan fingerprint density at radius 1 is 1.12 bits per heavy atom. The molecule has 0 saturated heterocycles. The smallest absolute Gasteiger partial charge is 0.225 e. The summed E-state index contributed by atoms with van der Waals surface area (Å²) in [6.45, 7) is 1.39. The Kier molecular flexibility index (Phi) is 7.37. The normalized spacial score (nSPS) is 10.5. The number of amides is 1. The summed E-state index contributed by atoms with van der Waals surface area (Å²) in [6, 6.07) is 12.9. The Bertz CT molecular complexity index is 692. The van der Waals surface area contributed by atoms with Crippen molar-refractivity contribution >= 4 is 34.8 Å². The summed E-state index contributed by atoms with van der Waals surface area (Å²) in [4.78, 5) is 11.9. The molecular weight excluding hydrogens is 347 g/mol. The zero-order valence-corrected chi connectivity index (χ0v) is 15.0. The Morgan fingerprint density at radius 2 is 1.96 bits per heavy atom. The average Bonchev–Trinajstić information content (AvgIpc) is 2.57. The zero-order valence-electron chi connectivity index (χ0n) is 13.4. The van der Waals surface area contributed by atoms with Crippen LogP contribution in [-0.2, 0) is 11.2 Å². The summed E-state index contributed by atoms with van der Waals surface area (Å²) in [5.41, 5.74) is 1.77. The molecule has 0 fully saturated rings. The summed E-state index contributed by atoms with van der Waals surface area (Å²) >= 11 is 11.9. The third-order valence-electron chi connectivity index (χ3n) is 3.46. The highest BCUT2D eigenvalue weighted by Crippen LogP contribution is 2.25. The minimum atomic E-state index is -0.0897. The molecule has 0 unspecified atom stereocenters. The highest BCUT2D eigenvalue weighted by atomic mass is 35.5. The van der Waals surface area contributed by atoms with E-state index >= 15 is 0 Å². The lowest BCUT2D eigenvalue weighted by Gasteiger charge is -2.09. The van der Waals surface area contributed by atoms with Crippen molar-refractivity contribution in [2.45, 2.75) is 12.8 Å². The highest BCUT2D eigenvalue weighted by molar-refractivity contribution is 6.36. The van der Waals surface area contributed by atoms with E-state index in [1.165, 1.54) is 5.56 Å². The monoisotopic (exact) mass is 366 g/mol. The van der Waals surface area contributed by atoms with E-state index in [0.717, 1.165) is 18.7 Å². The number of carbonyl (C=O) groups is 1. The van der Waals surface area contributed by atoms with Crippen LogP contribution in [0, 0.1) is 0 Å². The maximum absolute atomic E-state index is 11.9. The summed E-state index contributed by atoms with van der Waals surface area (Å²) in [7, 11) is 1.66. The van der Waals surface area contributed by atoms with Crippen molar-refractivity contribution in [3.63, 3.8) is 0 Å². The Morgan fingerprint density at radius 3 is 2.71 bits per heavy atom. The van der Waals surface area contributed by atoms with Crippen LogP contribution in [0.3, 0.4) is 0 Å². The van der Waals surface area contributed by atoms with Gasteiger partial charge >= 0.3 is 0 Å². The molecule has 0 spiro atoms. The van der Waals surface area contributed by atoms with Gasteiger partial charge in [0.15, 0.2) is 0 Å². The number of rotatable bonds is 8. The minimum absolute atomic E-state index is 0.0897. The van der Waals surface area contributed by atoms with Gasteiger partial charge in [0, 0.05) is 18.0 Å². The van der Waals surface area contributed by atoms with E-state index in [1.54, 1.807) is 25.3 Å². The Hall–Kier alpha value is -1.75. The van der Waals surface area contributed by atoms with Gasteiger partial charge in [-0.15, -0.1) is 0 Å². The van der Waals surface area contributed by atoms with Gasteiger partial charge in [-0.2, -0.15) is 0 Å². The van der Waals surface area contributed by atoms with E-state index in [4.69, 9.17) is 27.9 Å². The largest absolute Gasteiger partial charge is 0.497 e. The first-order valence-electron chi connectivity index (χ1n) is 7.67. The summed E-state index contributed by atoms with van der Waals surface area (Å²) in [5, 5.41) is 7.00. The van der Waals surface area contributed by atoms with E-state index in [9.17, 15) is 4.79 Å². The van der Waals surface area contributed by atoms with Gasteiger partial charge in [-0.05, 0) is 48.9 Å². The van der Waals surface area contributed by atoms with Crippen molar-refractivity contribution in [3.8, 4) is 5.75 Å². The summed E-state index contributed by atoms with van der Waals surface area (Å²) < 4.78 is 5.19. The fraction of sp³-hybridized carbons (Fsp3) is 0.278. The van der Waals surface area contributed by atoms with Crippen LogP contribution in [0.1, 0.15) is 12.0 Å². The SMILES string of the molecule is COc1cccc(CCNCCC(=O)Nc2ccc(Cl)cc2Cl)c1. The molecule has 1 amide bonds. The molecule has 2 aromatic carbocycles. The quantitative estimate of drug-likeness (QED) is 0.689. The van der Waals surface area contributed by atoms with Gasteiger partial charge in [-0.25, -0.2) is 0 Å². The molecule has 0 saturated carbocycles. The molecule has 0 aliphatic heterocycles. The molecule has 0 aromatic heterocycles. The van der Waals surface area contributed by atoms with Crippen molar-refractivity contribution in [1.29, 1.82) is 0 Å². The van der Waals surface area contributed by atoms with Crippen LogP contribution in [0.25, 0.3) is 0 Å². The predicted molar refractivity (Wildman–Crippen MR) is 99.3 cm³/mol. The first-order valence-corrected chi connectivity index (χ1v) is 8.42. The molecule has 2 N–H and O–H groups in total. The Balaban J connectivity index is 1.67. The molecule has 2 aromatic rings. The number of hydrogen-bond donors (Lipinski definition) is 2. The number of ether oxygens (including phenoxy) is 1. The van der Waals surface area contributed by atoms with E-state index < -0.39 is 0 Å². The van der Waals surface area contributed by atoms with Crippen LogP contribution in [-0.4, -0.2) is 26.1 Å². The number of anilines is 1. The molecular formula is C18H20Cl2N2O2.